The largest absolute Gasteiger partial charge is 0.303 e. The minimum absolute atomic E-state index is 0.174. The molecule has 0 aromatic carbocycles. The smallest absolute Gasteiger partial charge is 0.120 e. The SMILES string of the molecule is C=CCC(CC=O)CC=O. The van der Waals surface area contributed by atoms with E-state index in [0.717, 1.165) is 19.0 Å². The van der Waals surface area contributed by atoms with Crippen LogP contribution in [0.3, 0.4) is 0 Å². The average Bonchev–Trinajstić information content (AvgIpc) is 1.90. The van der Waals surface area contributed by atoms with E-state index in [9.17, 15) is 9.59 Å². The predicted molar refractivity (Wildman–Crippen MR) is 39.7 cm³/mol. The third kappa shape index (κ3) is 4.01. The first-order valence-corrected chi connectivity index (χ1v) is 3.33. The Balaban J connectivity index is 3.58. The number of carbonyl (C=O) groups excluding carboxylic acids is 2. The number of hydrogen-bond acceptors (Lipinski definition) is 2. The Hall–Kier alpha value is -0.920. The topological polar surface area (TPSA) is 34.1 Å². The highest BCUT2D eigenvalue weighted by atomic mass is 16.1. The van der Waals surface area contributed by atoms with E-state index in [1.807, 2.05) is 0 Å². The molecule has 0 saturated heterocycles. The highest BCUT2D eigenvalue weighted by molar-refractivity contribution is 5.54. The van der Waals surface area contributed by atoms with Crippen molar-refractivity contribution in [1.29, 1.82) is 0 Å². The second kappa shape index (κ2) is 6.20. The molecule has 0 unspecified atom stereocenters. The first-order valence-electron chi connectivity index (χ1n) is 3.33. The van der Waals surface area contributed by atoms with E-state index in [1.54, 1.807) is 6.08 Å². The molecule has 0 N–H and O–H groups in total. The Morgan fingerprint density at radius 2 is 1.60 bits per heavy atom. The van der Waals surface area contributed by atoms with Gasteiger partial charge in [-0.2, -0.15) is 0 Å². The van der Waals surface area contributed by atoms with Crippen LogP contribution in [0.1, 0.15) is 19.3 Å². The number of aldehydes is 2. The molecule has 0 aromatic heterocycles. The Morgan fingerprint density at radius 3 is 1.90 bits per heavy atom. The van der Waals surface area contributed by atoms with Crippen LogP contribution >= 0.6 is 0 Å². The molecule has 0 spiro atoms. The number of allylic oxidation sites excluding steroid dienone is 1. The first-order chi connectivity index (χ1) is 4.85. The van der Waals surface area contributed by atoms with Crippen LogP contribution in [0.5, 0.6) is 0 Å². The summed E-state index contributed by atoms with van der Waals surface area (Å²) in [4.78, 5) is 20.0. The van der Waals surface area contributed by atoms with Crippen molar-refractivity contribution in [3.63, 3.8) is 0 Å². The van der Waals surface area contributed by atoms with Crippen LogP contribution in [0, 0.1) is 5.92 Å². The lowest BCUT2D eigenvalue weighted by molar-refractivity contribution is -0.110. The van der Waals surface area contributed by atoms with E-state index in [-0.39, 0.29) is 5.92 Å². The molecule has 2 heteroatoms. The fraction of sp³-hybridized carbons (Fsp3) is 0.500. The molecule has 10 heavy (non-hydrogen) atoms. The van der Waals surface area contributed by atoms with Crippen LogP contribution in [0.25, 0.3) is 0 Å². The molecule has 0 radical (unpaired) electrons. The molecule has 0 saturated carbocycles. The summed E-state index contributed by atoms with van der Waals surface area (Å²) in [7, 11) is 0. The van der Waals surface area contributed by atoms with Crippen molar-refractivity contribution in [3.8, 4) is 0 Å². The van der Waals surface area contributed by atoms with Gasteiger partial charge in [0.25, 0.3) is 0 Å². The van der Waals surface area contributed by atoms with Gasteiger partial charge >= 0.3 is 0 Å². The lowest BCUT2D eigenvalue weighted by Crippen LogP contribution is -2.00. The Morgan fingerprint density at radius 1 is 1.10 bits per heavy atom. The Labute approximate surface area is 60.9 Å². The highest BCUT2D eigenvalue weighted by Crippen LogP contribution is 2.09. The van der Waals surface area contributed by atoms with Crippen LogP contribution in [-0.4, -0.2) is 12.6 Å². The van der Waals surface area contributed by atoms with E-state index in [1.165, 1.54) is 0 Å². The van der Waals surface area contributed by atoms with Crippen molar-refractivity contribution in [2.75, 3.05) is 0 Å². The van der Waals surface area contributed by atoms with Gasteiger partial charge in [-0.25, -0.2) is 0 Å². The number of carbonyl (C=O) groups is 2. The van der Waals surface area contributed by atoms with Gasteiger partial charge in [-0.15, -0.1) is 6.58 Å². The highest BCUT2D eigenvalue weighted by Gasteiger charge is 2.03. The maximum absolute atomic E-state index is 10.0. The second-order valence-corrected chi connectivity index (χ2v) is 2.20. The van der Waals surface area contributed by atoms with Crippen LogP contribution < -0.4 is 0 Å². The van der Waals surface area contributed by atoms with Crippen molar-refractivity contribution < 1.29 is 9.59 Å². The van der Waals surface area contributed by atoms with Crippen molar-refractivity contribution >= 4 is 12.6 Å². The van der Waals surface area contributed by atoms with Gasteiger partial charge < -0.3 is 9.59 Å². The van der Waals surface area contributed by atoms with Crippen molar-refractivity contribution in [2.24, 2.45) is 5.92 Å². The van der Waals surface area contributed by atoms with Crippen molar-refractivity contribution in [2.45, 2.75) is 19.3 Å². The fourth-order valence-electron chi connectivity index (χ4n) is 0.797. The predicted octanol–water partition coefficient (Wildman–Crippen LogP) is 1.36. The van der Waals surface area contributed by atoms with Gasteiger partial charge in [0.15, 0.2) is 0 Å². The lowest BCUT2D eigenvalue weighted by Gasteiger charge is -2.04. The minimum Gasteiger partial charge on any atom is -0.303 e. The zero-order valence-electron chi connectivity index (χ0n) is 5.95. The molecule has 0 aliphatic rings. The van der Waals surface area contributed by atoms with E-state index < -0.39 is 0 Å². The Kier molecular flexibility index (Phi) is 5.63. The van der Waals surface area contributed by atoms with E-state index in [2.05, 4.69) is 6.58 Å². The molecule has 0 heterocycles. The van der Waals surface area contributed by atoms with Crippen LogP contribution in [-0.2, 0) is 9.59 Å². The average molecular weight is 140 g/mol. The van der Waals surface area contributed by atoms with Crippen LogP contribution in [0.2, 0.25) is 0 Å². The summed E-state index contributed by atoms with van der Waals surface area (Å²) >= 11 is 0. The molecule has 0 aliphatic heterocycles. The van der Waals surface area contributed by atoms with Gasteiger partial charge in [-0.05, 0) is 12.3 Å². The third-order valence-electron chi connectivity index (χ3n) is 1.36. The zero-order chi connectivity index (χ0) is 7.82. The normalized spacial score (nSPS) is 9.30. The van der Waals surface area contributed by atoms with Crippen molar-refractivity contribution in [3.05, 3.63) is 12.7 Å². The summed E-state index contributed by atoms with van der Waals surface area (Å²) in [6.45, 7) is 3.53. The molecule has 0 atom stereocenters. The maximum Gasteiger partial charge on any atom is 0.120 e. The van der Waals surface area contributed by atoms with E-state index in [4.69, 9.17) is 0 Å². The summed E-state index contributed by atoms with van der Waals surface area (Å²) in [6, 6.07) is 0. The standard InChI is InChI=1S/C8H12O2/c1-2-3-8(4-6-9)5-7-10/h2,6-8H,1,3-5H2. The molecule has 2 nitrogen and oxygen atoms in total. The molecular formula is C8H12O2. The molecule has 0 fully saturated rings. The molecule has 0 aromatic rings. The van der Waals surface area contributed by atoms with Gasteiger partial charge in [0.2, 0.25) is 0 Å². The van der Waals surface area contributed by atoms with E-state index >= 15 is 0 Å². The minimum atomic E-state index is 0.174. The third-order valence-corrected chi connectivity index (χ3v) is 1.36. The fourth-order valence-corrected chi connectivity index (χ4v) is 0.797. The summed E-state index contributed by atoms with van der Waals surface area (Å²) in [5.74, 6) is 0.174. The monoisotopic (exact) mass is 140 g/mol. The van der Waals surface area contributed by atoms with Crippen molar-refractivity contribution in [1.82, 2.24) is 0 Å². The van der Waals surface area contributed by atoms with E-state index in [0.29, 0.717) is 12.8 Å². The van der Waals surface area contributed by atoms with Gasteiger partial charge in [0, 0.05) is 12.8 Å². The summed E-state index contributed by atoms with van der Waals surface area (Å²) in [6.07, 6.45) is 5.10. The first kappa shape index (κ1) is 9.08. The van der Waals surface area contributed by atoms with Crippen LogP contribution in [0.15, 0.2) is 12.7 Å². The zero-order valence-corrected chi connectivity index (χ0v) is 5.95. The van der Waals surface area contributed by atoms with Gasteiger partial charge in [-0.1, -0.05) is 6.08 Å². The second-order valence-electron chi connectivity index (χ2n) is 2.20. The summed E-state index contributed by atoms with van der Waals surface area (Å²) in [5.41, 5.74) is 0. The molecule has 0 bridgehead atoms. The molecule has 56 valence electrons. The molecule has 0 amide bonds. The summed E-state index contributed by atoms with van der Waals surface area (Å²) < 4.78 is 0. The molecule has 0 rings (SSSR count). The number of hydrogen-bond donors (Lipinski definition) is 0. The summed E-state index contributed by atoms with van der Waals surface area (Å²) in [5, 5.41) is 0. The van der Waals surface area contributed by atoms with Crippen LogP contribution in [0.4, 0.5) is 0 Å². The van der Waals surface area contributed by atoms with Gasteiger partial charge in [-0.3, -0.25) is 0 Å². The quantitative estimate of drug-likeness (QED) is 0.412. The van der Waals surface area contributed by atoms with Gasteiger partial charge in [0.05, 0.1) is 0 Å². The molecular weight excluding hydrogens is 128 g/mol. The number of rotatable bonds is 6. The Bertz CT molecular complexity index is 94.7. The van der Waals surface area contributed by atoms with Gasteiger partial charge in [0.1, 0.15) is 12.6 Å². The maximum atomic E-state index is 10.0. The lowest BCUT2D eigenvalue weighted by atomic mass is 9.99. The molecule has 0 aliphatic carbocycles.